The van der Waals surface area contributed by atoms with Crippen molar-refractivity contribution in [2.24, 2.45) is 0 Å². The molecule has 1 heterocycles. The number of nitrogens with zero attached hydrogens (tertiary/aromatic N) is 2. The lowest BCUT2D eigenvalue weighted by Gasteiger charge is -2.27. The number of hydrogen-bond donors (Lipinski definition) is 2. The van der Waals surface area contributed by atoms with E-state index in [1.807, 2.05) is 24.3 Å². The molecule has 2 N–H and O–H groups in total. The molecule has 0 saturated heterocycles. The van der Waals surface area contributed by atoms with Crippen LogP contribution in [0.2, 0.25) is 0 Å². The number of hydrogen-bond acceptors (Lipinski definition) is 4. The number of halogens is 2. The molecule has 0 bridgehead atoms. The highest BCUT2D eigenvalue weighted by Crippen LogP contribution is 2.16. The first-order valence-corrected chi connectivity index (χ1v) is 10.2. The first kappa shape index (κ1) is 23.6. The fourth-order valence-electron chi connectivity index (χ4n) is 3.14. The molecule has 3 aromatic rings. The van der Waals surface area contributed by atoms with Crippen LogP contribution in [0, 0.1) is 11.6 Å². The van der Waals surface area contributed by atoms with Gasteiger partial charge in [0.05, 0.1) is 6.04 Å². The van der Waals surface area contributed by atoms with Gasteiger partial charge in [-0.2, -0.15) is 0 Å². The quantitative estimate of drug-likeness (QED) is 0.477. The van der Waals surface area contributed by atoms with Crippen LogP contribution in [0.25, 0.3) is 10.8 Å². The van der Waals surface area contributed by atoms with Gasteiger partial charge in [0.1, 0.15) is 12.4 Å². The van der Waals surface area contributed by atoms with Crippen molar-refractivity contribution in [1.29, 1.82) is 0 Å². The Morgan fingerprint density at radius 3 is 2.70 bits per heavy atom. The number of nitrogens with one attached hydrogen (secondary N) is 2. The zero-order chi connectivity index (χ0) is 23.8. The van der Waals surface area contributed by atoms with E-state index in [0.29, 0.717) is 12.2 Å². The standard InChI is InChI=1S/C24H24F2N4O3/c1-3-7-19(30(2)23(31)28-14-18-10-6-11-20(25)22(18)26)15-33-24(32)29-21-12-16-8-4-5-9-17(16)13-27-21/h3-6,8-13,19H,1,7,14-15H2,2H3,(H,28,31)(H,27,29,32)/t19-/m1/s1. The van der Waals surface area contributed by atoms with Crippen LogP contribution in [-0.4, -0.2) is 41.7 Å². The topological polar surface area (TPSA) is 83.6 Å². The minimum absolute atomic E-state index is 0.0236. The third kappa shape index (κ3) is 6.25. The molecular formula is C24H24F2N4O3. The minimum Gasteiger partial charge on any atom is -0.447 e. The SMILES string of the molecule is C=CC[C@H](COC(=O)Nc1cc2ccccc2cn1)N(C)C(=O)NCc1cccc(F)c1F. The van der Waals surface area contributed by atoms with E-state index in [2.05, 4.69) is 22.2 Å². The Hall–Kier alpha value is -4.01. The molecule has 33 heavy (non-hydrogen) atoms. The number of benzene rings is 2. The Kier molecular flexibility index (Phi) is 7.91. The number of amides is 3. The van der Waals surface area contributed by atoms with Crippen LogP contribution in [0.3, 0.4) is 0 Å². The molecule has 0 aliphatic heterocycles. The largest absolute Gasteiger partial charge is 0.447 e. The summed E-state index contributed by atoms with van der Waals surface area (Å²) in [6.07, 6.45) is 2.86. The van der Waals surface area contributed by atoms with Crippen LogP contribution in [0.15, 0.2) is 67.4 Å². The second-order valence-electron chi connectivity index (χ2n) is 7.30. The van der Waals surface area contributed by atoms with Crippen molar-refractivity contribution < 1.29 is 23.1 Å². The summed E-state index contributed by atoms with van der Waals surface area (Å²) in [4.78, 5) is 30.2. The smallest absolute Gasteiger partial charge is 0.412 e. The van der Waals surface area contributed by atoms with Crippen molar-refractivity contribution in [2.45, 2.75) is 19.0 Å². The van der Waals surface area contributed by atoms with E-state index in [0.717, 1.165) is 16.8 Å². The van der Waals surface area contributed by atoms with Crippen LogP contribution >= 0.6 is 0 Å². The number of rotatable bonds is 8. The van der Waals surface area contributed by atoms with Gasteiger partial charge >= 0.3 is 12.1 Å². The molecule has 0 aliphatic rings. The lowest BCUT2D eigenvalue weighted by molar-refractivity contribution is 0.118. The maximum atomic E-state index is 13.8. The average molecular weight is 454 g/mol. The van der Waals surface area contributed by atoms with E-state index in [9.17, 15) is 18.4 Å². The molecule has 0 fully saturated rings. The molecule has 7 nitrogen and oxygen atoms in total. The van der Waals surface area contributed by atoms with Crippen LogP contribution in [0.1, 0.15) is 12.0 Å². The van der Waals surface area contributed by atoms with Crippen molar-refractivity contribution in [1.82, 2.24) is 15.2 Å². The number of ether oxygens (including phenoxy) is 1. The van der Waals surface area contributed by atoms with Gasteiger partial charge in [-0.1, -0.05) is 42.5 Å². The summed E-state index contributed by atoms with van der Waals surface area (Å²) >= 11 is 0. The third-order valence-electron chi connectivity index (χ3n) is 5.04. The van der Waals surface area contributed by atoms with Crippen molar-refractivity contribution in [3.63, 3.8) is 0 Å². The van der Waals surface area contributed by atoms with E-state index >= 15 is 0 Å². The van der Waals surface area contributed by atoms with Crippen LogP contribution < -0.4 is 10.6 Å². The molecular weight excluding hydrogens is 430 g/mol. The van der Waals surface area contributed by atoms with Gasteiger partial charge in [-0.3, -0.25) is 5.32 Å². The predicted molar refractivity (Wildman–Crippen MR) is 122 cm³/mol. The zero-order valence-electron chi connectivity index (χ0n) is 18.1. The fraction of sp³-hybridized carbons (Fsp3) is 0.208. The molecule has 9 heteroatoms. The lowest BCUT2D eigenvalue weighted by atomic mass is 10.2. The molecule has 0 aliphatic carbocycles. The summed E-state index contributed by atoms with van der Waals surface area (Å²) in [5.74, 6) is -1.66. The van der Waals surface area contributed by atoms with Crippen molar-refractivity contribution in [2.75, 3.05) is 19.0 Å². The number of fused-ring (bicyclic) bond motifs is 1. The van der Waals surface area contributed by atoms with E-state index in [4.69, 9.17) is 4.74 Å². The maximum Gasteiger partial charge on any atom is 0.412 e. The molecule has 3 rings (SSSR count). The van der Waals surface area contributed by atoms with Crippen LogP contribution in [0.5, 0.6) is 0 Å². The summed E-state index contributed by atoms with van der Waals surface area (Å²) in [6.45, 7) is 3.37. The number of anilines is 1. The highest BCUT2D eigenvalue weighted by Gasteiger charge is 2.21. The number of carbonyl (C=O) groups is 2. The Morgan fingerprint density at radius 2 is 1.94 bits per heavy atom. The molecule has 2 aromatic carbocycles. The molecule has 172 valence electrons. The number of pyridine rings is 1. The molecule has 0 unspecified atom stereocenters. The number of aromatic nitrogens is 1. The van der Waals surface area contributed by atoms with Crippen molar-refractivity contribution in [3.8, 4) is 0 Å². The molecule has 1 atom stereocenters. The Balaban J connectivity index is 1.54. The highest BCUT2D eigenvalue weighted by atomic mass is 19.2. The molecule has 1 aromatic heterocycles. The molecule has 0 radical (unpaired) electrons. The summed E-state index contributed by atoms with van der Waals surface area (Å²) in [6, 6.07) is 12.0. The number of likely N-dealkylation sites (N-methyl/N-ethyl adjacent to an activating group) is 1. The third-order valence-corrected chi connectivity index (χ3v) is 5.04. The van der Waals surface area contributed by atoms with Gasteiger partial charge in [0.25, 0.3) is 0 Å². The zero-order valence-corrected chi connectivity index (χ0v) is 18.1. The second kappa shape index (κ2) is 11.0. The first-order chi connectivity index (χ1) is 15.9. The van der Waals surface area contributed by atoms with Crippen LogP contribution in [-0.2, 0) is 11.3 Å². The predicted octanol–water partition coefficient (Wildman–Crippen LogP) is 4.85. The van der Waals surface area contributed by atoms with Gasteiger partial charge in [0.2, 0.25) is 0 Å². The average Bonchev–Trinajstić information content (AvgIpc) is 2.82. The van der Waals surface area contributed by atoms with Gasteiger partial charge in [-0.15, -0.1) is 6.58 Å². The Labute approximate surface area is 190 Å². The normalized spacial score (nSPS) is 11.5. The summed E-state index contributed by atoms with van der Waals surface area (Å²) in [5.41, 5.74) is 0.0236. The van der Waals surface area contributed by atoms with Gasteiger partial charge < -0.3 is 15.0 Å². The molecule has 0 spiro atoms. The lowest BCUT2D eigenvalue weighted by Crippen LogP contribution is -2.45. The fourth-order valence-corrected chi connectivity index (χ4v) is 3.14. The van der Waals surface area contributed by atoms with Gasteiger partial charge in [-0.05, 0) is 23.9 Å². The van der Waals surface area contributed by atoms with E-state index < -0.39 is 29.8 Å². The maximum absolute atomic E-state index is 13.8. The minimum atomic E-state index is -1.01. The van der Waals surface area contributed by atoms with Gasteiger partial charge in [-0.25, -0.2) is 23.4 Å². The molecule has 0 saturated carbocycles. The highest BCUT2D eigenvalue weighted by molar-refractivity contribution is 5.89. The Morgan fingerprint density at radius 1 is 1.18 bits per heavy atom. The summed E-state index contributed by atoms with van der Waals surface area (Å²) in [7, 11) is 1.51. The van der Waals surface area contributed by atoms with Crippen molar-refractivity contribution >= 4 is 28.7 Å². The second-order valence-corrected chi connectivity index (χ2v) is 7.30. The monoisotopic (exact) mass is 454 g/mol. The number of carbonyl (C=O) groups excluding carboxylic acids is 2. The summed E-state index contributed by atoms with van der Waals surface area (Å²) < 4.78 is 32.4. The number of urea groups is 1. The molecule has 3 amide bonds. The first-order valence-electron chi connectivity index (χ1n) is 10.2. The van der Waals surface area contributed by atoms with Gasteiger partial charge in [0, 0.05) is 30.7 Å². The van der Waals surface area contributed by atoms with Gasteiger partial charge in [0.15, 0.2) is 11.6 Å². The Bertz CT molecular complexity index is 1160. The van der Waals surface area contributed by atoms with E-state index in [1.54, 1.807) is 18.3 Å². The van der Waals surface area contributed by atoms with E-state index in [-0.39, 0.29) is 18.7 Å². The van der Waals surface area contributed by atoms with Crippen LogP contribution in [0.4, 0.5) is 24.2 Å². The summed E-state index contributed by atoms with van der Waals surface area (Å²) in [5, 5.41) is 6.95. The van der Waals surface area contributed by atoms with Crippen molar-refractivity contribution in [3.05, 3.63) is 84.6 Å². The van der Waals surface area contributed by atoms with E-state index in [1.165, 1.54) is 24.1 Å².